The number of ether oxygens (including phenoxy) is 1. The minimum Gasteiger partial charge on any atom is -0.481 e. The van der Waals surface area contributed by atoms with Crippen LogP contribution in [0.25, 0.3) is 6.20 Å². The van der Waals surface area contributed by atoms with Crippen molar-refractivity contribution < 1.29 is 14.6 Å². The molecule has 3 N–H and O–H groups in total. The number of hydrogen-bond donors (Lipinski definition) is 2. The van der Waals surface area contributed by atoms with Gasteiger partial charge >= 0.3 is 5.97 Å². The lowest BCUT2D eigenvalue weighted by Gasteiger charge is -2.10. The summed E-state index contributed by atoms with van der Waals surface area (Å²) in [6.07, 6.45) is 4.77. The average molecular weight is 267 g/mol. The standard InChI is InChI=1S/C13H21N3O3/c1-9(2)8-19-12-11(6-14)7-15-16(12)5-4-10(3)13(17)18/h4-5,7,9-10H,6,8,14H2,1-3H3,(H,17,18)/b5-4+. The Morgan fingerprint density at radius 3 is 2.79 bits per heavy atom. The second kappa shape index (κ2) is 6.94. The van der Waals surface area contributed by atoms with Gasteiger partial charge in [0.1, 0.15) is 0 Å². The van der Waals surface area contributed by atoms with Gasteiger partial charge in [0.25, 0.3) is 0 Å². The highest BCUT2D eigenvalue weighted by Gasteiger charge is 2.11. The summed E-state index contributed by atoms with van der Waals surface area (Å²) in [5, 5.41) is 13.0. The van der Waals surface area contributed by atoms with Crippen molar-refractivity contribution in [2.45, 2.75) is 27.3 Å². The molecule has 19 heavy (non-hydrogen) atoms. The van der Waals surface area contributed by atoms with E-state index in [0.717, 1.165) is 5.56 Å². The van der Waals surface area contributed by atoms with Crippen molar-refractivity contribution in [3.8, 4) is 5.88 Å². The van der Waals surface area contributed by atoms with Gasteiger partial charge in [-0.3, -0.25) is 4.79 Å². The highest BCUT2D eigenvalue weighted by Crippen LogP contribution is 2.19. The smallest absolute Gasteiger partial charge is 0.310 e. The first-order valence-corrected chi connectivity index (χ1v) is 6.26. The number of carboxylic acids is 1. The predicted octanol–water partition coefficient (Wildman–Crippen LogP) is 1.57. The Morgan fingerprint density at radius 1 is 1.58 bits per heavy atom. The van der Waals surface area contributed by atoms with Crippen molar-refractivity contribution in [3.05, 3.63) is 17.8 Å². The summed E-state index contributed by atoms with van der Waals surface area (Å²) in [5.41, 5.74) is 6.42. The van der Waals surface area contributed by atoms with Gasteiger partial charge in [-0.25, -0.2) is 4.68 Å². The average Bonchev–Trinajstić information content (AvgIpc) is 2.75. The molecule has 0 aliphatic heterocycles. The van der Waals surface area contributed by atoms with Gasteiger partial charge in [-0.15, -0.1) is 0 Å². The van der Waals surface area contributed by atoms with E-state index in [9.17, 15) is 4.79 Å². The maximum atomic E-state index is 10.7. The lowest BCUT2D eigenvalue weighted by molar-refractivity contribution is -0.139. The molecule has 1 atom stereocenters. The fourth-order valence-electron chi connectivity index (χ4n) is 1.33. The van der Waals surface area contributed by atoms with Crippen LogP contribution in [0.15, 0.2) is 12.3 Å². The Bertz CT molecular complexity index is 452. The van der Waals surface area contributed by atoms with Crippen molar-refractivity contribution in [2.75, 3.05) is 6.61 Å². The molecule has 1 aromatic heterocycles. The van der Waals surface area contributed by atoms with Crippen LogP contribution in [0.5, 0.6) is 5.88 Å². The molecule has 0 fully saturated rings. The van der Waals surface area contributed by atoms with Crippen molar-refractivity contribution in [3.63, 3.8) is 0 Å². The van der Waals surface area contributed by atoms with Crippen LogP contribution in [-0.4, -0.2) is 27.5 Å². The molecule has 1 heterocycles. The molecular formula is C13H21N3O3. The third-order valence-corrected chi connectivity index (χ3v) is 2.50. The second-order valence-corrected chi connectivity index (χ2v) is 4.80. The van der Waals surface area contributed by atoms with E-state index in [1.807, 2.05) is 13.8 Å². The molecule has 0 saturated heterocycles. The van der Waals surface area contributed by atoms with Crippen LogP contribution in [0.1, 0.15) is 26.3 Å². The predicted molar refractivity (Wildman–Crippen MR) is 72.6 cm³/mol. The van der Waals surface area contributed by atoms with Gasteiger partial charge in [0, 0.05) is 18.3 Å². The van der Waals surface area contributed by atoms with Crippen molar-refractivity contribution in [1.82, 2.24) is 9.78 Å². The number of rotatable bonds is 7. The summed E-state index contributed by atoms with van der Waals surface area (Å²) in [6.45, 7) is 6.58. The number of aromatic nitrogens is 2. The van der Waals surface area contributed by atoms with Gasteiger partial charge in [0.05, 0.1) is 18.7 Å². The Balaban J connectivity index is 2.88. The number of hydrogen-bond acceptors (Lipinski definition) is 4. The van der Waals surface area contributed by atoms with Gasteiger partial charge < -0.3 is 15.6 Å². The molecule has 106 valence electrons. The van der Waals surface area contributed by atoms with Crippen LogP contribution in [-0.2, 0) is 11.3 Å². The molecule has 0 radical (unpaired) electrons. The van der Waals surface area contributed by atoms with Crippen LogP contribution in [0.4, 0.5) is 0 Å². The fourth-order valence-corrected chi connectivity index (χ4v) is 1.33. The van der Waals surface area contributed by atoms with E-state index in [2.05, 4.69) is 5.10 Å². The van der Waals surface area contributed by atoms with Crippen molar-refractivity contribution in [1.29, 1.82) is 0 Å². The van der Waals surface area contributed by atoms with Crippen LogP contribution >= 0.6 is 0 Å². The second-order valence-electron chi connectivity index (χ2n) is 4.80. The molecule has 0 aromatic carbocycles. The molecule has 0 amide bonds. The monoisotopic (exact) mass is 267 g/mol. The molecule has 0 saturated carbocycles. The van der Waals surface area contributed by atoms with E-state index in [4.69, 9.17) is 15.6 Å². The first kappa shape index (κ1) is 15.2. The van der Waals surface area contributed by atoms with Crippen LogP contribution in [0.3, 0.4) is 0 Å². The van der Waals surface area contributed by atoms with E-state index < -0.39 is 11.9 Å². The Labute approximate surface area is 112 Å². The molecule has 0 aliphatic carbocycles. The summed E-state index contributed by atoms with van der Waals surface area (Å²) in [7, 11) is 0. The summed E-state index contributed by atoms with van der Waals surface area (Å²) in [5.74, 6) is -0.503. The zero-order valence-electron chi connectivity index (χ0n) is 11.5. The third kappa shape index (κ3) is 4.40. The van der Waals surface area contributed by atoms with E-state index in [1.165, 1.54) is 4.68 Å². The molecule has 1 rings (SSSR count). The summed E-state index contributed by atoms with van der Waals surface area (Å²) < 4.78 is 7.19. The number of nitrogens with zero attached hydrogens (tertiary/aromatic N) is 2. The molecule has 6 nitrogen and oxygen atoms in total. The summed E-state index contributed by atoms with van der Waals surface area (Å²) >= 11 is 0. The molecule has 1 aromatic rings. The van der Waals surface area contributed by atoms with E-state index >= 15 is 0 Å². The molecule has 0 bridgehead atoms. The highest BCUT2D eigenvalue weighted by atomic mass is 16.5. The number of aliphatic carboxylic acids is 1. The lowest BCUT2D eigenvalue weighted by Crippen LogP contribution is -2.10. The van der Waals surface area contributed by atoms with Gasteiger partial charge in [0.15, 0.2) is 0 Å². The molecule has 6 heteroatoms. The first-order valence-electron chi connectivity index (χ1n) is 6.26. The van der Waals surface area contributed by atoms with Gasteiger partial charge in [-0.1, -0.05) is 19.9 Å². The maximum absolute atomic E-state index is 10.7. The highest BCUT2D eigenvalue weighted by molar-refractivity contribution is 5.72. The van der Waals surface area contributed by atoms with E-state index in [-0.39, 0.29) is 0 Å². The van der Waals surface area contributed by atoms with Crippen molar-refractivity contribution >= 4 is 12.2 Å². The van der Waals surface area contributed by atoms with Gasteiger partial charge in [-0.2, -0.15) is 5.10 Å². The normalized spacial score (nSPS) is 13.1. The zero-order valence-corrected chi connectivity index (χ0v) is 11.5. The summed E-state index contributed by atoms with van der Waals surface area (Å²) in [4.78, 5) is 10.7. The topological polar surface area (TPSA) is 90.4 Å². The lowest BCUT2D eigenvalue weighted by atomic mass is 10.2. The fraction of sp³-hybridized carbons (Fsp3) is 0.538. The number of nitrogens with two attached hydrogens (primary N) is 1. The van der Waals surface area contributed by atoms with Crippen LogP contribution in [0, 0.1) is 11.8 Å². The third-order valence-electron chi connectivity index (χ3n) is 2.50. The van der Waals surface area contributed by atoms with Gasteiger partial charge in [0.2, 0.25) is 5.88 Å². The van der Waals surface area contributed by atoms with Gasteiger partial charge in [-0.05, 0) is 12.8 Å². The van der Waals surface area contributed by atoms with Crippen LogP contribution < -0.4 is 10.5 Å². The quantitative estimate of drug-likeness (QED) is 0.782. The molecule has 1 unspecified atom stereocenters. The molecule has 0 spiro atoms. The largest absolute Gasteiger partial charge is 0.481 e. The Kier molecular flexibility index (Phi) is 5.57. The van der Waals surface area contributed by atoms with Crippen LogP contribution in [0.2, 0.25) is 0 Å². The zero-order chi connectivity index (χ0) is 14.4. The Hall–Kier alpha value is -1.82. The number of carbonyl (C=O) groups is 1. The maximum Gasteiger partial charge on any atom is 0.310 e. The summed E-state index contributed by atoms with van der Waals surface area (Å²) in [6, 6.07) is 0. The Morgan fingerprint density at radius 2 is 2.26 bits per heavy atom. The SMILES string of the molecule is CC(C)COc1c(CN)cnn1/C=C/C(C)C(=O)O. The minimum atomic E-state index is -0.882. The first-order chi connectivity index (χ1) is 8.95. The number of carboxylic acid groups (broad SMARTS) is 1. The molecule has 0 aliphatic rings. The van der Waals surface area contributed by atoms with E-state index in [0.29, 0.717) is 24.9 Å². The molecular weight excluding hydrogens is 246 g/mol. The van der Waals surface area contributed by atoms with E-state index in [1.54, 1.807) is 25.4 Å². The minimum absolute atomic E-state index is 0.329. The van der Waals surface area contributed by atoms with Crippen molar-refractivity contribution in [2.24, 2.45) is 17.6 Å².